The lowest BCUT2D eigenvalue weighted by Crippen LogP contribution is -2.33. The fourth-order valence-corrected chi connectivity index (χ4v) is 2.66. The van der Waals surface area contributed by atoms with E-state index in [-0.39, 0.29) is 11.9 Å². The second kappa shape index (κ2) is 8.04. The molecule has 1 amide bonds. The standard InChI is InChI=1S/C15H25N3O2/c1-2-14(18-11-5-10-17-18)15(19)16-9-6-12-20-13-7-3-4-8-13/h5,10-11,13-14H,2-4,6-9,12H2,1H3,(H,16,19)/t14-/m1/s1. The van der Waals surface area contributed by atoms with Crippen molar-refractivity contribution in [1.82, 2.24) is 15.1 Å². The Morgan fingerprint density at radius 1 is 1.50 bits per heavy atom. The van der Waals surface area contributed by atoms with E-state index in [1.54, 1.807) is 10.9 Å². The highest BCUT2D eigenvalue weighted by atomic mass is 16.5. The third-order valence-corrected chi connectivity index (χ3v) is 3.81. The number of carbonyl (C=O) groups excluding carboxylic acids is 1. The average Bonchev–Trinajstić information content (AvgIpc) is 3.12. The van der Waals surface area contributed by atoms with Crippen LogP contribution in [0.4, 0.5) is 0 Å². The largest absolute Gasteiger partial charge is 0.378 e. The number of hydrogen-bond donors (Lipinski definition) is 1. The van der Waals surface area contributed by atoms with Gasteiger partial charge in [-0.1, -0.05) is 19.8 Å². The van der Waals surface area contributed by atoms with Crippen molar-refractivity contribution in [3.63, 3.8) is 0 Å². The maximum atomic E-state index is 12.1. The number of carbonyl (C=O) groups is 1. The summed E-state index contributed by atoms with van der Waals surface area (Å²) >= 11 is 0. The summed E-state index contributed by atoms with van der Waals surface area (Å²) in [6.45, 7) is 3.40. The van der Waals surface area contributed by atoms with Gasteiger partial charge in [-0.3, -0.25) is 9.48 Å². The Bertz CT molecular complexity index is 386. The second-order valence-corrected chi connectivity index (χ2v) is 5.33. The van der Waals surface area contributed by atoms with Crippen LogP contribution in [0.2, 0.25) is 0 Å². The van der Waals surface area contributed by atoms with Crippen LogP contribution in [-0.4, -0.2) is 34.9 Å². The molecule has 0 saturated heterocycles. The molecule has 1 heterocycles. The number of aromatic nitrogens is 2. The van der Waals surface area contributed by atoms with Gasteiger partial charge in [0.25, 0.3) is 0 Å². The molecule has 1 N–H and O–H groups in total. The molecule has 0 bridgehead atoms. The highest BCUT2D eigenvalue weighted by Gasteiger charge is 2.18. The van der Waals surface area contributed by atoms with Crippen LogP contribution in [0.5, 0.6) is 0 Å². The maximum absolute atomic E-state index is 12.1. The van der Waals surface area contributed by atoms with Gasteiger partial charge >= 0.3 is 0 Å². The van der Waals surface area contributed by atoms with Crippen molar-refractivity contribution in [2.24, 2.45) is 0 Å². The molecular formula is C15H25N3O2. The third-order valence-electron chi connectivity index (χ3n) is 3.81. The van der Waals surface area contributed by atoms with Gasteiger partial charge in [0, 0.05) is 25.5 Å². The van der Waals surface area contributed by atoms with Crippen molar-refractivity contribution in [2.45, 2.75) is 57.6 Å². The number of ether oxygens (including phenoxy) is 1. The van der Waals surface area contributed by atoms with Gasteiger partial charge in [-0.15, -0.1) is 0 Å². The molecule has 0 spiro atoms. The highest BCUT2D eigenvalue weighted by molar-refractivity contribution is 5.80. The van der Waals surface area contributed by atoms with E-state index < -0.39 is 0 Å². The van der Waals surface area contributed by atoms with Crippen LogP contribution in [0.15, 0.2) is 18.5 Å². The predicted octanol–water partition coefficient (Wildman–Crippen LogP) is 2.30. The molecule has 2 rings (SSSR count). The van der Waals surface area contributed by atoms with Gasteiger partial charge in [0.1, 0.15) is 6.04 Å². The first-order chi connectivity index (χ1) is 9.81. The summed E-state index contributed by atoms with van der Waals surface area (Å²) in [6.07, 6.45) is 10.6. The minimum absolute atomic E-state index is 0.0390. The Labute approximate surface area is 120 Å². The summed E-state index contributed by atoms with van der Waals surface area (Å²) in [6, 6.07) is 1.63. The van der Waals surface area contributed by atoms with Gasteiger partial charge in [0.05, 0.1) is 6.10 Å². The number of rotatable bonds is 8. The maximum Gasteiger partial charge on any atom is 0.244 e. The number of amides is 1. The zero-order chi connectivity index (χ0) is 14.2. The summed E-state index contributed by atoms with van der Waals surface area (Å²) in [5, 5.41) is 7.10. The van der Waals surface area contributed by atoms with Crippen LogP contribution >= 0.6 is 0 Å². The molecule has 0 aliphatic heterocycles. The summed E-state index contributed by atoms with van der Waals surface area (Å²) in [7, 11) is 0. The average molecular weight is 279 g/mol. The molecular weight excluding hydrogens is 254 g/mol. The van der Waals surface area contributed by atoms with Crippen molar-refractivity contribution in [1.29, 1.82) is 0 Å². The van der Waals surface area contributed by atoms with E-state index in [0.717, 1.165) is 19.4 Å². The molecule has 20 heavy (non-hydrogen) atoms. The minimum atomic E-state index is -0.208. The van der Waals surface area contributed by atoms with Crippen molar-refractivity contribution in [3.8, 4) is 0 Å². The zero-order valence-electron chi connectivity index (χ0n) is 12.3. The fourth-order valence-electron chi connectivity index (χ4n) is 2.66. The van der Waals surface area contributed by atoms with Crippen LogP contribution in [-0.2, 0) is 9.53 Å². The van der Waals surface area contributed by atoms with Gasteiger partial charge in [-0.05, 0) is 31.7 Å². The monoisotopic (exact) mass is 279 g/mol. The summed E-state index contributed by atoms with van der Waals surface area (Å²) in [5.41, 5.74) is 0. The Hall–Kier alpha value is -1.36. The van der Waals surface area contributed by atoms with E-state index in [0.29, 0.717) is 12.6 Å². The lowest BCUT2D eigenvalue weighted by Gasteiger charge is -2.16. The Balaban J connectivity index is 1.61. The zero-order valence-corrected chi connectivity index (χ0v) is 12.3. The normalized spacial score (nSPS) is 17.2. The second-order valence-electron chi connectivity index (χ2n) is 5.33. The van der Waals surface area contributed by atoms with Crippen LogP contribution < -0.4 is 5.32 Å². The molecule has 1 aromatic heterocycles. The van der Waals surface area contributed by atoms with Crippen LogP contribution in [0, 0.1) is 0 Å². The van der Waals surface area contributed by atoms with E-state index >= 15 is 0 Å². The van der Waals surface area contributed by atoms with Crippen LogP contribution in [0.1, 0.15) is 51.5 Å². The van der Waals surface area contributed by atoms with Gasteiger partial charge in [0.2, 0.25) is 5.91 Å². The van der Waals surface area contributed by atoms with Crippen molar-refractivity contribution in [2.75, 3.05) is 13.2 Å². The Morgan fingerprint density at radius 3 is 2.95 bits per heavy atom. The molecule has 1 aliphatic rings. The minimum Gasteiger partial charge on any atom is -0.378 e. The SMILES string of the molecule is CC[C@H](C(=O)NCCCOC1CCCC1)n1cccn1. The molecule has 5 heteroatoms. The molecule has 1 saturated carbocycles. The summed E-state index contributed by atoms with van der Waals surface area (Å²) in [4.78, 5) is 12.1. The molecule has 1 atom stereocenters. The van der Waals surface area contributed by atoms with E-state index in [4.69, 9.17) is 4.74 Å². The molecule has 112 valence electrons. The predicted molar refractivity (Wildman–Crippen MR) is 77.4 cm³/mol. The lowest BCUT2D eigenvalue weighted by atomic mass is 10.2. The number of nitrogens with zero attached hydrogens (tertiary/aromatic N) is 2. The molecule has 5 nitrogen and oxygen atoms in total. The quantitative estimate of drug-likeness (QED) is 0.743. The first kappa shape index (κ1) is 15.0. The molecule has 1 aliphatic carbocycles. The topological polar surface area (TPSA) is 56.1 Å². The third kappa shape index (κ3) is 4.34. The fraction of sp³-hybridized carbons (Fsp3) is 0.733. The van der Waals surface area contributed by atoms with Gasteiger partial charge in [0.15, 0.2) is 0 Å². The van der Waals surface area contributed by atoms with E-state index in [2.05, 4.69) is 10.4 Å². The molecule has 1 fully saturated rings. The van der Waals surface area contributed by atoms with E-state index in [9.17, 15) is 4.79 Å². The van der Waals surface area contributed by atoms with Crippen LogP contribution in [0.25, 0.3) is 0 Å². The van der Waals surface area contributed by atoms with Gasteiger partial charge < -0.3 is 10.1 Å². The lowest BCUT2D eigenvalue weighted by molar-refractivity contribution is -0.124. The van der Waals surface area contributed by atoms with Gasteiger partial charge in [-0.2, -0.15) is 5.10 Å². The Kier molecular flexibility index (Phi) is 6.05. The first-order valence-corrected chi connectivity index (χ1v) is 7.69. The smallest absolute Gasteiger partial charge is 0.244 e. The highest BCUT2D eigenvalue weighted by Crippen LogP contribution is 2.20. The van der Waals surface area contributed by atoms with E-state index in [1.165, 1.54) is 25.7 Å². The van der Waals surface area contributed by atoms with E-state index in [1.807, 2.05) is 19.2 Å². The summed E-state index contributed by atoms with van der Waals surface area (Å²) < 4.78 is 7.49. The molecule has 1 aromatic rings. The number of hydrogen-bond acceptors (Lipinski definition) is 3. The van der Waals surface area contributed by atoms with Crippen molar-refractivity contribution >= 4 is 5.91 Å². The Morgan fingerprint density at radius 2 is 2.30 bits per heavy atom. The summed E-state index contributed by atoms with van der Waals surface area (Å²) in [5.74, 6) is 0.0390. The molecule has 0 unspecified atom stereocenters. The molecule has 0 radical (unpaired) electrons. The van der Waals surface area contributed by atoms with Crippen molar-refractivity contribution in [3.05, 3.63) is 18.5 Å². The first-order valence-electron chi connectivity index (χ1n) is 7.69. The molecule has 0 aromatic carbocycles. The van der Waals surface area contributed by atoms with Crippen molar-refractivity contribution < 1.29 is 9.53 Å². The van der Waals surface area contributed by atoms with Gasteiger partial charge in [-0.25, -0.2) is 0 Å². The number of nitrogens with one attached hydrogen (secondary N) is 1. The van der Waals surface area contributed by atoms with Crippen LogP contribution in [0.3, 0.4) is 0 Å².